The zero-order chi connectivity index (χ0) is 8.31. The van der Waals surface area contributed by atoms with Crippen molar-refractivity contribution < 1.29 is 14.8 Å². The summed E-state index contributed by atoms with van der Waals surface area (Å²) < 4.78 is 0. The van der Waals surface area contributed by atoms with Crippen LogP contribution in [0.15, 0.2) is 11.3 Å². The van der Waals surface area contributed by atoms with Crippen molar-refractivity contribution in [2.75, 3.05) is 0 Å². The van der Waals surface area contributed by atoms with Gasteiger partial charge in [0.1, 0.15) is 5.57 Å². The van der Waals surface area contributed by atoms with Crippen LogP contribution in [0.25, 0.3) is 0 Å². The molecule has 1 N–H and O–H groups in total. The number of nitro groups is 1. The molecule has 0 amide bonds. The summed E-state index contributed by atoms with van der Waals surface area (Å²) in [6, 6.07) is 0. The third-order valence-corrected chi connectivity index (χ3v) is 1.14. The number of carbonyl (C=O) groups is 1. The van der Waals surface area contributed by atoms with E-state index in [1.165, 1.54) is 6.92 Å². The Morgan fingerprint density at radius 1 is 1.50 bits per heavy atom. The van der Waals surface area contributed by atoms with E-state index < -0.39 is 10.9 Å². The summed E-state index contributed by atoms with van der Waals surface area (Å²) in [4.78, 5) is 19.3. The monoisotopic (exact) mass is 145 g/mol. The van der Waals surface area contributed by atoms with Gasteiger partial charge >= 0.3 is 5.97 Å². The minimum absolute atomic E-state index is 0.231. The van der Waals surface area contributed by atoms with Gasteiger partial charge < -0.3 is 5.11 Å². The molecule has 0 bridgehead atoms. The van der Waals surface area contributed by atoms with Gasteiger partial charge in [0.15, 0.2) is 0 Å². The first-order valence-corrected chi connectivity index (χ1v) is 2.52. The van der Waals surface area contributed by atoms with Crippen LogP contribution in [0, 0.1) is 10.1 Å². The Bertz CT molecular complexity index is 184. The van der Waals surface area contributed by atoms with Gasteiger partial charge in [0, 0.05) is 6.92 Å². The number of rotatable bonds is 2. The molecule has 0 aromatic rings. The van der Waals surface area contributed by atoms with E-state index >= 15 is 0 Å². The SMILES string of the molecule is CC(C(=O)O)=C(C)[N+](=O)[O-]. The Balaban J connectivity index is 4.67. The van der Waals surface area contributed by atoms with Crippen LogP contribution in [-0.2, 0) is 4.79 Å². The third kappa shape index (κ3) is 1.85. The average Bonchev–Trinajstić information content (AvgIpc) is 1.84. The highest BCUT2D eigenvalue weighted by atomic mass is 16.6. The van der Waals surface area contributed by atoms with E-state index in [-0.39, 0.29) is 11.3 Å². The van der Waals surface area contributed by atoms with Gasteiger partial charge in [0.05, 0.1) is 4.92 Å². The lowest BCUT2D eigenvalue weighted by Gasteiger charge is -1.91. The van der Waals surface area contributed by atoms with Crippen LogP contribution in [0.4, 0.5) is 0 Å². The molecule has 0 aliphatic rings. The lowest BCUT2D eigenvalue weighted by Crippen LogP contribution is -2.05. The van der Waals surface area contributed by atoms with Gasteiger partial charge in [0.25, 0.3) is 5.70 Å². The Kier molecular flexibility index (Phi) is 2.54. The maximum absolute atomic E-state index is 10.1. The third-order valence-electron chi connectivity index (χ3n) is 1.14. The van der Waals surface area contributed by atoms with Crippen molar-refractivity contribution in [2.45, 2.75) is 13.8 Å². The van der Waals surface area contributed by atoms with Crippen LogP contribution >= 0.6 is 0 Å². The van der Waals surface area contributed by atoms with Crippen LogP contribution in [-0.4, -0.2) is 16.0 Å². The van der Waals surface area contributed by atoms with Crippen molar-refractivity contribution in [2.24, 2.45) is 0 Å². The number of carboxylic acids is 1. The number of carboxylic acid groups (broad SMARTS) is 1. The maximum Gasteiger partial charge on any atom is 0.337 e. The molecular formula is C5H7NO4. The maximum atomic E-state index is 10.1. The van der Waals surface area contributed by atoms with Crippen LogP contribution in [0.3, 0.4) is 0 Å². The Morgan fingerprint density at radius 3 is 2.00 bits per heavy atom. The second kappa shape index (κ2) is 2.95. The first kappa shape index (κ1) is 8.61. The fourth-order valence-electron chi connectivity index (χ4n) is 0.292. The first-order valence-electron chi connectivity index (χ1n) is 2.52. The number of hydrogen-bond donors (Lipinski definition) is 1. The molecule has 10 heavy (non-hydrogen) atoms. The van der Waals surface area contributed by atoms with E-state index in [0.717, 1.165) is 6.92 Å². The van der Waals surface area contributed by atoms with Crippen molar-refractivity contribution in [1.29, 1.82) is 0 Å². The molecule has 0 spiro atoms. The molecule has 0 heterocycles. The molecule has 0 aromatic carbocycles. The van der Waals surface area contributed by atoms with Crippen LogP contribution in [0.1, 0.15) is 13.8 Å². The molecule has 0 saturated carbocycles. The number of hydrogen-bond acceptors (Lipinski definition) is 3. The molecule has 5 nitrogen and oxygen atoms in total. The van der Waals surface area contributed by atoms with Gasteiger partial charge in [-0.05, 0) is 6.92 Å². The van der Waals surface area contributed by atoms with Crippen molar-refractivity contribution in [3.63, 3.8) is 0 Å². The van der Waals surface area contributed by atoms with Gasteiger partial charge in [0.2, 0.25) is 0 Å². The number of allylic oxidation sites excluding steroid dienone is 1. The minimum atomic E-state index is -1.26. The highest BCUT2D eigenvalue weighted by Crippen LogP contribution is 2.02. The number of aliphatic carboxylic acids is 1. The fourth-order valence-corrected chi connectivity index (χ4v) is 0.292. The topological polar surface area (TPSA) is 80.4 Å². The molecule has 0 aromatic heterocycles. The van der Waals surface area contributed by atoms with Gasteiger partial charge in [-0.3, -0.25) is 10.1 Å². The van der Waals surface area contributed by atoms with Crippen molar-refractivity contribution in [3.8, 4) is 0 Å². The minimum Gasteiger partial charge on any atom is -0.478 e. The van der Waals surface area contributed by atoms with Crippen molar-refractivity contribution in [1.82, 2.24) is 0 Å². The Morgan fingerprint density at radius 2 is 1.90 bits per heavy atom. The van der Waals surface area contributed by atoms with E-state index in [0.29, 0.717) is 0 Å². The molecule has 5 heteroatoms. The van der Waals surface area contributed by atoms with E-state index in [1.807, 2.05) is 0 Å². The Labute approximate surface area is 57.1 Å². The Hall–Kier alpha value is -1.39. The summed E-state index contributed by atoms with van der Waals surface area (Å²) >= 11 is 0. The molecule has 0 aliphatic carbocycles. The lowest BCUT2D eigenvalue weighted by molar-refractivity contribution is -0.425. The zero-order valence-electron chi connectivity index (χ0n) is 5.62. The van der Waals surface area contributed by atoms with Crippen molar-refractivity contribution in [3.05, 3.63) is 21.4 Å². The van der Waals surface area contributed by atoms with E-state index in [4.69, 9.17) is 5.11 Å². The smallest absolute Gasteiger partial charge is 0.337 e. The quantitative estimate of drug-likeness (QED) is 0.351. The van der Waals surface area contributed by atoms with Gasteiger partial charge in [-0.25, -0.2) is 4.79 Å². The second-order valence-corrected chi connectivity index (χ2v) is 1.77. The van der Waals surface area contributed by atoms with E-state index in [2.05, 4.69) is 0 Å². The largest absolute Gasteiger partial charge is 0.478 e. The molecule has 0 radical (unpaired) electrons. The van der Waals surface area contributed by atoms with Crippen molar-refractivity contribution >= 4 is 5.97 Å². The lowest BCUT2D eigenvalue weighted by atomic mass is 10.2. The van der Waals surface area contributed by atoms with E-state index in [1.54, 1.807) is 0 Å². The average molecular weight is 145 g/mol. The summed E-state index contributed by atoms with van der Waals surface area (Å²) in [5, 5.41) is 18.2. The fraction of sp³-hybridized carbons (Fsp3) is 0.400. The summed E-state index contributed by atoms with van der Waals surface area (Å²) in [7, 11) is 0. The summed E-state index contributed by atoms with van der Waals surface area (Å²) in [6.07, 6.45) is 0. The molecule has 56 valence electrons. The molecule has 0 fully saturated rings. The predicted octanol–water partition coefficient (Wildman–Crippen LogP) is 0.642. The summed E-state index contributed by atoms with van der Waals surface area (Å²) in [5.74, 6) is -1.26. The van der Waals surface area contributed by atoms with Crippen LogP contribution in [0.5, 0.6) is 0 Å². The second-order valence-electron chi connectivity index (χ2n) is 1.77. The normalized spacial score (nSPS) is 12.2. The highest BCUT2D eigenvalue weighted by molar-refractivity contribution is 5.86. The van der Waals surface area contributed by atoms with E-state index in [9.17, 15) is 14.9 Å². The predicted molar refractivity (Wildman–Crippen MR) is 33.0 cm³/mol. The summed E-state index contributed by atoms with van der Waals surface area (Å²) in [6.45, 7) is 2.35. The zero-order valence-corrected chi connectivity index (χ0v) is 5.62. The standard InChI is InChI=1S/C5H7NO4/c1-3(5(7)8)4(2)6(9)10/h1-2H3,(H,7,8). The van der Waals surface area contributed by atoms with Crippen LogP contribution in [0.2, 0.25) is 0 Å². The summed E-state index contributed by atoms with van der Waals surface area (Å²) in [5.41, 5.74) is -0.558. The van der Waals surface area contributed by atoms with Gasteiger partial charge in [-0.1, -0.05) is 0 Å². The number of nitrogens with zero attached hydrogens (tertiary/aromatic N) is 1. The molecule has 0 atom stereocenters. The molecule has 0 aliphatic heterocycles. The molecule has 0 rings (SSSR count). The van der Waals surface area contributed by atoms with Gasteiger partial charge in [-0.15, -0.1) is 0 Å². The highest BCUT2D eigenvalue weighted by Gasteiger charge is 2.13. The van der Waals surface area contributed by atoms with Gasteiger partial charge in [-0.2, -0.15) is 0 Å². The molecular weight excluding hydrogens is 138 g/mol. The van der Waals surface area contributed by atoms with Crippen LogP contribution < -0.4 is 0 Å². The molecule has 0 unspecified atom stereocenters. The first-order chi connectivity index (χ1) is 4.46. The molecule has 0 saturated heterocycles.